The minimum atomic E-state index is -1.05. The molecule has 1 fully saturated rings. The number of benzene rings is 3. The van der Waals surface area contributed by atoms with E-state index in [1.165, 1.54) is 0 Å². The van der Waals surface area contributed by atoms with Gasteiger partial charge in [-0.05, 0) is 50.2 Å². The van der Waals surface area contributed by atoms with Gasteiger partial charge in [-0.15, -0.1) is 0 Å². The smallest absolute Gasteiger partial charge is 0.268 e. The lowest BCUT2D eigenvalue weighted by molar-refractivity contribution is -0.128. The van der Waals surface area contributed by atoms with Crippen LogP contribution in [0.3, 0.4) is 0 Å². The van der Waals surface area contributed by atoms with Crippen LogP contribution in [0, 0.1) is 0 Å². The van der Waals surface area contributed by atoms with Crippen LogP contribution in [0.4, 0.5) is 11.4 Å². The number of carbonyl (C=O) groups is 2. The zero-order valence-corrected chi connectivity index (χ0v) is 19.0. The maximum absolute atomic E-state index is 13.1. The molecular formula is C27H29N3O3. The van der Waals surface area contributed by atoms with E-state index in [1.807, 2.05) is 89.8 Å². The zero-order chi connectivity index (χ0) is 23.3. The van der Waals surface area contributed by atoms with Crippen LogP contribution in [0.1, 0.15) is 24.2 Å². The van der Waals surface area contributed by atoms with Gasteiger partial charge in [-0.1, -0.05) is 48.5 Å². The second kappa shape index (κ2) is 9.77. The normalized spacial score (nSPS) is 14.0. The number of ether oxygens (including phenoxy) is 1. The molecule has 3 aromatic carbocycles. The number of carbonyl (C=O) groups excluding carboxylic acids is 2. The average Bonchev–Trinajstić information content (AvgIpc) is 2.85. The van der Waals surface area contributed by atoms with Gasteiger partial charge >= 0.3 is 0 Å². The van der Waals surface area contributed by atoms with E-state index in [4.69, 9.17) is 4.74 Å². The van der Waals surface area contributed by atoms with Crippen molar-refractivity contribution in [2.24, 2.45) is 0 Å². The number of nitrogens with zero attached hydrogens (tertiary/aromatic N) is 2. The molecule has 0 atom stereocenters. The van der Waals surface area contributed by atoms with Crippen LogP contribution < -0.4 is 15.0 Å². The molecular weight excluding hydrogens is 414 g/mol. The Morgan fingerprint density at radius 3 is 2.03 bits per heavy atom. The molecule has 0 aromatic heterocycles. The molecule has 170 valence electrons. The first-order valence-corrected chi connectivity index (χ1v) is 11.2. The lowest BCUT2D eigenvalue weighted by Gasteiger charge is -2.37. The first-order chi connectivity index (χ1) is 15.9. The number of nitrogens with one attached hydrogen (secondary N) is 1. The molecule has 6 nitrogen and oxygen atoms in total. The summed E-state index contributed by atoms with van der Waals surface area (Å²) in [7, 11) is 0. The van der Waals surface area contributed by atoms with Crippen molar-refractivity contribution in [3.63, 3.8) is 0 Å². The molecule has 0 radical (unpaired) electrons. The minimum absolute atomic E-state index is 0.0525. The molecule has 2 amide bonds. The number of piperazine rings is 1. The van der Waals surface area contributed by atoms with Gasteiger partial charge in [-0.25, -0.2) is 0 Å². The third-order valence-corrected chi connectivity index (χ3v) is 5.74. The highest BCUT2D eigenvalue weighted by Gasteiger charge is 2.31. The van der Waals surface area contributed by atoms with E-state index in [0.29, 0.717) is 37.5 Å². The number of hydrogen-bond donors (Lipinski definition) is 1. The van der Waals surface area contributed by atoms with Gasteiger partial charge in [0.15, 0.2) is 5.60 Å². The quantitative estimate of drug-likeness (QED) is 0.612. The highest BCUT2D eigenvalue weighted by atomic mass is 16.5. The SMILES string of the molecule is CC(C)(Oc1ccccc1)C(=O)Nc1ccccc1N1CCN(C(=O)c2ccccc2)CC1. The van der Waals surface area contributed by atoms with E-state index >= 15 is 0 Å². The van der Waals surface area contributed by atoms with Gasteiger partial charge in [0.1, 0.15) is 5.75 Å². The summed E-state index contributed by atoms with van der Waals surface area (Å²) >= 11 is 0. The molecule has 4 rings (SSSR count). The predicted octanol–water partition coefficient (Wildman–Crippen LogP) is 4.45. The summed E-state index contributed by atoms with van der Waals surface area (Å²) in [4.78, 5) is 29.9. The van der Waals surface area contributed by atoms with Crippen molar-refractivity contribution in [2.75, 3.05) is 36.4 Å². The molecule has 1 aliphatic heterocycles. The summed E-state index contributed by atoms with van der Waals surface area (Å²) in [5.41, 5.74) is 1.33. The molecule has 1 N–H and O–H groups in total. The van der Waals surface area contributed by atoms with Crippen LogP contribution in [0.2, 0.25) is 0 Å². The molecule has 0 spiro atoms. The van der Waals surface area contributed by atoms with Gasteiger partial charge in [0.2, 0.25) is 0 Å². The molecule has 1 heterocycles. The van der Waals surface area contributed by atoms with Crippen LogP contribution >= 0.6 is 0 Å². The van der Waals surface area contributed by atoms with Crippen molar-refractivity contribution in [2.45, 2.75) is 19.4 Å². The lowest BCUT2D eigenvalue weighted by Crippen LogP contribution is -2.49. The molecule has 3 aromatic rings. The van der Waals surface area contributed by atoms with Crippen LogP contribution in [0.5, 0.6) is 5.75 Å². The summed E-state index contributed by atoms with van der Waals surface area (Å²) in [6, 6.07) is 26.4. The van der Waals surface area contributed by atoms with Gasteiger partial charge in [0.05, 0.1) is 11.4 Å². The monoisotopic (exact) mass is 443 g/mol. The molecule has 0 aliphatic carbocycles. The van der Waals surface area contributed by atoms with E-state index in [9.17, 15) is 9.59 Å². The summed E-state index contributed by atoms with van der Waals surface area (Å²) in [6.07, 6.45) is 0. The van der Waals surface area contributed by atoms with Gasteiger partial charge in [-0.2, -0.15) is 0 Å². The molecule has 0 saturated carbocycles. The summed E-state index contributed by atoms with van der Waals surface area (Å²) < 4.78 is 5.93. The number of amides is 2. The van der Waals surface area contributed by atoms with Crippen molar-refractivity contribution in [1.29, 1.82) is 0 Å². The van der Waals surface area contributed by atoms with Gasteiger partial charge in [0, 0.05) is 31.7 Å². The number of hydrogen-bond acceptors (Lipinski definition) is 4. The first kappa shape index (κ1) is 22.4. The molecule has 0 bridgehead atoms. The largest absolute Gasteiger partial charge is 0.478 e. The fraction of sp³-hybridized carbons (Fsp3) is 0.259. The van der Waals surface area contributed by atoms with Gasteiger partial charge in [-0.3, -0.25) is 9.59 Å². The predicted molar refractivity (Wildman–Crippen MR) is 131 cm³/mol. The van der Waals surface area contributed by atoms with Crippen LogP contribution in [0.15, 0.2) is 84.9 Å². The minimum Gasteiger partial charge on any atom is -0.478 e. The number of rotatable bonds is 6. The van der Waals surface area contributed by atoms with Gasteiger partial charge < -0.3 is 19.9 Å². The Morgan fingerprint density at radius 2 is 1.36 bits per heavy atom. The van der Waals surface area contributed by atoms with E-state index in [1.54, 1.807) is 13.8 Å². The fourth-order valence-corrected chi connectivity index (χ4v) is 3.87. The Morgan fingerprint density at radius 1 is 0.788 bits per heavy atom. The second-order valence-electron chi connectivity index (χ2n) is 8.54. The molecule has 33 heavy (non-hydrogen) atoms. The molecule has 1 aliphatic rings. The summed E-state index contributed by atoms with van der Waals surface area (Å²) in [6.45, 7) is 6.14. The third-order valence-electron chi connectivity index (χ3n) is 5.74. The standard InChI is InChI=1S/C27H29N3O3/c1-27(2,33-22-13-7-4-8-14-22)26(32)28-23-15-9-10-16-24(23)29-17-19-30(20-18-29)25(31)21-11-5-3-6-12-21/h3-16H,17-20H2,1-2H3,(H,28,32). The maximum atomic E-state index is 13.1. The molecule has 6 heteroatoms. The average molecular weight is 444 g/mol. The third kappa shape index (κ3) is 5.34. The molecule has 0 unspecified atom stereocenters. The van der Waals surface area contributed by atoms with Gasteiger partial charge in [0.25, 0.3) is 11.8 Å². The van der Waals surface area contributed by atoms with Crippen molar-refractivity contribution in [3.8, 4) is 5.75 Å². The summed E-state index contributed by atoms with van der Waals surface area (Å²) in [5, 5.41) is 3.04. The maximum Gasteiger partial charge on any atom is 0.268 e. The Bertz CT molecular complexity index is 1090. The fourth-order valence-electron chi connectivity index (χ4n) is 3.87. The highest BCUT2D eigenvalue weighted by Crippen LogP contribution is 2.28. The summed E-state index contributed by atoms with van der Waals surface area (Å²) in [5.74, 6) is 0.471. The second-order valence-corrected chi connectivity index (χ2v) is 8.54. The van der Waals surface area contributed by atoms with Crippen LogP contribution in [-0.4, -0.2) is 48.5 Å². The van der Waals surface area contributed by atoms with E-state index < -0.39 is 5.60 Å². The van der Waals surface area contributed by atoms with Crippen molar-refractivity contribution in [1.82, 2.24) is 4.90 Å². The number of anilines is 2. The Kier molecular flexibility index (Phi) is 6.63. The Balaban J connectivity index is 1.42. The number of para-hydroxylation sites is 3. The van der Waals surface area contributed by atoms with E-state index in [2.05, 4.69) is 10.2 Å². The zero-order valence-electron chi connectivity index (χ0n) is 19.0. The van der Waals surface area contributed by atoms with Crippen LogP contribution in [0.25, 0.3) is 0 Å². The Labute approximate surface area is 194 Å². The Hall–Kier alpha value is -3.80. The molecule has 1 saturated heterocycles. The van der Waals surface area contributed by atoms with Crippen molar-refractivity contribution >= 4 is 23.2 Å². The van der Waals surface area contributed by atoms with Crippen LogP contribution in [-0.2, 0) is 4.79 Å². The van der Waals surface area contributed by atoms with Crippen molar-refractivity contribution < 1.29 is 14.3 Å². The van der Waals surface area contributed by atoms with E-state index in [-0.39, 0.29) is 11.8 Å². The lowest BCUT2D eigenvalue weighted by atomic mass is 10.1. The first-order valence-electron chi connectivity index (χ1n) is 11.2. The van der Waals surface area contributed by atoms with E-state index in [0.717, 1.165) is 11.4 Å². The highest BCUT2D eigenvalue weighted by molar-refractivity contribution is 5.99. The van der Waals surface area contributed by atoms with Crippen molar-refractivity contribution in [3.05, 3.63) is 90.5 Å². The topological polar surface area (TPSA) is 61.9 Å².